The van der Waals surface area contributed by atoms with Gasteiger partial charge in [0.05, 0.1) is 81.9 Å². The highest BCUT2D eigenvalue weighted by Crippen LogP contribution is 2.42. The highest BCUT2D eigenvalue weighted by Gasteiger charge is 2.43. The lowest BCUT2D eigenvalue weighted by Crippen LogP contribution is -2.59. The molecule has 143 heavy (non-hydrogen) atoms. The van der Waals surface area contributed by atoms with Gasteiger partial charge in [-0.15, -0.1) is 0 Å². The Morgan fingerprint density at radius 1 is 0.524 bits per heavy atom. The standard InChI is InChI=1S/C48H63N7O9.C33H33N5O7.C22H23N5O7/c1-27(2)23-37-43(57)50-39(25-29(5)6)46(60)53-42(30(7)8)47(61)52-38(24-28(3)4)44(58)51-40(45(59)49-37)26-31-13-20-35(21-14-31)64-41(56)22-17-32-11-9-10-12-36(32)55-54-34-18-15-33(16-19-34)48(62)63;1-19-7-14-24-29(35-31(44-2)26-17-20(8-15-27(34)39)18-38(26)32(24)41)30(19)45-28(40)16-11-21-5-3-4-6-25(21)37-36-23-12-9-22(10-13-23)33(42)43;1-14-23-13-20(27(32)33)26(14)10-11-34-21(29)9-6-15-4-2-3-5-18(15)25-24-16-7-8-19(28)17(12-16)22(30)31/h9-16,18-21,27-30,37-40,42H,17,22-26H2,1-8H3,(H,49,59)(H,50,57)(H,51,58)(H,52,61)(H,53,60)(H,62,63);3-7,9-10,12-14,18,26,31,35H,8,11,15-17H2,1-2H3,(H2,34,39)(H,42,43);2-5,7-8,12,20,28H,6,9-11,13H2,1H3,(H,30,31)/t37-,38-,39-,40?,42-;26-,31+;/m00./s1. The number of methoxy groups -OCH3 is 1. The number of nitrogens with zero attached hydrogens (tertiary/aromatic N) is 10. The summed E-state index contributed by atoms with van der Waals surface area (Å²) in [7, 11) is 1.54. The SMILES string of the molecule is CC(C)C[C@@H]1NC(=O)C(Cc2ccc(OC(=O)CCc3ccccc3N=Nc3ccc(C(=O)O)cc3)cc2)NC(=O)[C@H](CC(C)C)NC(=O)[C@H](C(C)C)NC(=O)[C@H](CC(C)C)NC1=O.CC1=NCC([N+](=O)[O-])N1CCOC(=O)CCc1ccccc1N=Nc1ccc(O)c(C(=O)O)c1.CO[C@H]1Nc2c(ccc(C)c2OC(=O)CCc2ccccc2N=Nc2ccc(C(=O)O)cc2)C(=O)N2C=C(CCC(N)=O)C[C@@H]12. The number of aromatic carboxylic acids is 3. The van der Waals surface area contributed by atoms with E-state index in [0.717, 1.165) is 22.3 Å². The van der Waals surface area contributed by atoms with Gasteiger partial charge in [-0.05, 0) is 220 Å². The zero-order chi connectivity index (χ0) is 104. The van der Waals surface area contributed by atoms with Crippen molar-refractivity contribution in [3.8, 4) is 17.2 Å². The van der Waals surface area contributed by atoms with Crippen LogP contribution in [0.3, 0.4) is 0 Å². The number of nitrogens with two attached hydrogens (primary N) is 1. The lowest BCUT2D eigenvalue weighted by Gasteiger charge is -2.28. The second-order valence-electron chi connectivity index (χ2n) is 36.1. The third-order valence-electron chi connectivity index (χ3n) is 23.4. The molecule has 40 heteroatoms. The summed E-state index contributed by atoms with van der Waals surface area (Å²) in [5.74, 6) is -8.10. The van der Waals surface area contributed by atoms with Crippen molar-refractivity contribution >= 4 is 123 Å². The number of phenols is 1. The number of aliphatic imine (C=N–C) groups is 1. The van der Waals surface area contributed by atoms with Gasteiger partial charge in [-0.2, -0.15) is 30.7 Å². The molecule has 1 saturated heterocycles. The number of azo groups is 3. The Labute approximate surface area is 825 Å². The summed E-state index contributed by atoms with van der Waals surface area (Å²) in [5.41, 5.74) is 13.3. The third-order valence-corrected chi connectivity index (χ3v) is 23.4. The quantitative estimate of drug-likeness (QED) is 0.00566. The first-order chi connectivity index (χ1) is 68.2. The van der Waals surface area contributed by atoms with E-state index in [1.54, 1.807) is 142 Å². The highest BCUT2D eigenvalue weighted by atomic mass is 16.6. The van der Waals surface area contributed by atoms with Gasteiger partial charge in [-0.1, -0.05) is 134 Å². The summed E-state index contributed by atoms with van der Waals surface area (Å²) in [6.45, 7) is 18.7. The molecule has 0 aliphatic carbocycles. The Morgan fingerprint density at radius 2 is 0.986 bits per heavy atom. The first-order valence-corrected chi connectivity index (χ1v) is 46.7. The van der Waals surface area contributed by atoms with Crippen molar-refractivity contribution in [1.82, 2.24) is 36.4 Å². The van der Waals surface area contributed by atoms with Gasteiger partial charge in [-0.25, -0.2) is 14.4 Å². The summed E-state index contributed by atoms with van der Waals surface area (Å²) < 4.78 is 22.5. The van der Waals surface area contributed by atoms with Crippen molar-refractivity contribution in [2.45, 2.75) is 201 Å². The molecule has 1 fully saturated rings. The predicted octanol–water partition coefficient (Wildman–Crippen LogP) is 14.8. The number of rotatable bonds is 37. The number of ether oxygens (including phenoxy) is 4. The lowest BCUT2D eigenvalue weighted by atomic mass is 9.98. The molecule has 40 nitrogen and oxygen atoms in total. The number of aryl methyl sites for hydroxylation is 4. The number of hydrogen-bond donors (Lipinski definition) is 11. The van der Waals surface area contributed by atoms with Crippen molar-refractivity contribution in [3.05, 3.63) is 248 Å². The zero-order valence-corrected chi connectivity index (χ0v) is 81.2. The maximum Gasteiger partial charge on any atom is 0.339 e. The molecule has 754 valence electrons. The number of anilines is 1. The van der Waals surface area contributed by atoms with Crippen LogP contribution in [0.25, 0.3) is 0 Å². The van der Waals surface area contributed by atoms with Crippen LogP contribution in [0.5, 0.6) is 17.2 Å². The van der Waals surface area contributed by atoms with E-state index < -0.39 is 119 Å². The maximum absolute atomic E-state index is 14.2. The molecule has 8 aromatic carbocycles. The van der Waals surface area contributed by atoms with Gasteiger partial charge in [-0.3, -0.25) is 68.0 Å². The van der Waals surface area contributed by atoms with Gasteiger partial charge in [0.2, 0.25) is 35.4 Å². The minimum Gasteiger partial charge on any atom is -0.507 e. The molecule has 0 spiro atoms. The Morgan fingerprint density at radius 3 is 1.46 bits per heavy atom. The molecular weight excluding hydrogens is 1840 g/mol. The summed E-state index contributed by atoms with van der Waals surface area (Å²) in [4.78, 5) is 184. The number of carbonyl (C=O) groups excluding carboxylic acids is 10. The van der Waals surface area contributed by atoms with Crippen LogP contribution in [0.15, 0.2) is 223 Å². The van der Waals surface area contributed by atoms with Crippen LogP contribution in [0.2, 0.25) is 0 Å². The zero-order valence-electron chi connectivity index (χ0n) is 81.2. The van der Waals surface area contributed by atoms with E-state index in [0.29, 0.717) is 88.8 Å². The number of amides is 7. The van der Waals surface area contributed by atoms with Crippen LogP contribution >= 0.6 is 0 Å². The molecule has 4 aliphatic heterocycles. The number of nitro groups is 1. The number of primary amides is 1. The van der Waals surface area contributed by atoms with Crippen molar-refractivity contribution in [1.29, 1.82) is 0 Å². The molecule has 12 N–H and O–H groups in total. The van der Waals surface area contributed by atoms with Gasteiger partial charge >= 0.3 is 42.0 Å². The van der Waals surface area contributed by atoms with Gasteiger partial charge < -0.3 is 81.9 Å². The van der Waals surface area contributed by atoms with Crippen LogP contribution < -0.4 is 47.1 Å². The highest BCUT2D eigenvalue weighted by molar-refractivity contribution is 6.04. The van der Waals surface area contributed by atoms with E-state index in [1.165, 1.54) is 54.5 Å². The molecule has 12 rings (SSSR count). The third kappa shape index (κ3) is 32.2. The largest absolute Gasteiger partial charge is 0.507 e. The van der Waals surface area contributed by atoms with E-state index in [1.807, 2.05) is 71.9 Å². The number of carboxylic acids is 3. The molecule has 0 bridgehead atoms. The van der Waals surface area contributed by atoms with Crippen molar-refractivity contribution in [3.63, 3.8) is 0 Å². The number of carbonyl (C=O) groups is 13. The van der Waals surface area contributed by atoms with E-state index in [-0.39, 0.29) is 146 Å². The molecule has 4 aliphatic rings. The Bertz CT molecular complexity index is 6120. The number of benzene rings is 8. The van der Waals surface area contributed by atoms with E-state index >= 15 is 0 Å². The maximum atomic E-state index is 14.2. The minimum atomic E-state index is -1.28. The number of hydrogen-bond acceptors (Lipinski definition) is 29. The van der Waals surface area contributed by atoms with Crippen LogP contribution in [-0.4, -0.2) is 194 Å². The first kappa shape index (κ1) is 109. The number of esters is 3. The van der Waals surface area contributed by atoms with Crippen LogP contribution in [-0.2, 0) is 78.3 Å². The summed E-state index contributed by atoms with van der Waals surface area (Å²) in [6.07, 6.45) is 3.23. The van der Waals surface area contributed by atoms with E-state index in [4.69, 9.17) is 40.0 Å². The number of amidine groups is 1. The van der Waals surface area contributed by atoms with Gasteiger partial charge in [0, 0.05) is 37.5 Å². The molecule has 7 amide bonds. The molecule has 4 heterocycles. The molecule has 0 saturated carbocycles. The van der Waals surface area contributed by atoms with Gasteiger partial charge in [0.1, 0.15) is 72.5 Å². The molecule has 8 atom stereocenters. The fourth-order valence-corrected chi connectivity index (χ4v) is 15.9. The Kier molecular flexibility index (Phi) is 39.7. The fraction of sp³-hybridized carbons (Fsp3) is 0.379. The molecule has 8 aromatic rings. The Balaban J connectivity index is 0.000000232. The summed E-state index contributed by atoms with van der Waals surface area (Å²) >= 11 is 0. The monoisotopic (exact) mass is 1960 g/mol. The van der Waals surface area contributed by atoms with Crippen LogP contribution in [0.4, 0.5) is 39.8 Å². The summed E-state index contributed by atoms with van der Waals surface area (Å²) in [6, 6.07) is 41.7. The average Bonchev–Trinajstić information content (AvgIpc) is 1.61. The first-order valence-electron chi connectivity index (χ1n) is 46.7. The van der Waals surface area contributed by atoms with Crippen molar-refractivity contribution in [2.24, 2.45) is 65.1 Å². The smallest absolute Gasteiger partial charge is 0.339 e. The fourth-order valence-electron chi connectivity index (χ4n) is 15.9. The van der Waals surface area contributed by atoms with E-state index in [2.05, 4.69) is 67.6 Å². The summed E-state index contributed by atoms with van der Waals surface area (Å²) in [5, 5.41) is 90.6. The number of aromatic hydroxyl groups is 1. The second-order valence-corrected chi connectivity index (χ2v) is 36.1. The lowest BCUT2D eigenvalue weighted by molar-refractivity contribution is -0.539. The minimum absolute atomic E-state index is 0.00412. The molecule has 0 aromatic heterocycles. The predicted molar refractivity (Wildman–Crippen MR) is 526 cm³/mol. The molecule has 0 radical (unpaired) electrons. The average molecular weight is 1960 g/mol. The molecular formula is C103H119N17O23. The topological polar surface area (TPSA) is 574 Å². The van der Waals surface area contributed by atoms with Crippen LogP contribution in [0, 0.1) is 40.7 Å². The van der Waals surface area contributed by atoms with Gasteiger partial charge in [0.15, 0.2) is 5.75 Å². The normalized spacial score (nSPS) is 18.2. The number of fused-ring (bicyclic) bond motifs is 2. The van der Waals surface area contributed by atoms with Gasteiger partial charge in [0.25, 0.3) is 5.91 Å². The number of carboxylic acid groups (broad SMARTS) is 3. The van der Waals surface area contributed by atoms with E-state index in [9.17, 15) is 77.5 Å². The van der Waals surface area contributed by atoms with Crippen molar-refractivity contribution < 1.29 is 107 Å². The number of nitrogens with one attached hydrogen (secondary N) is 6. The van der Waals surface area contributed by atoms with Crippen LogP contribution in [0.1, 0.15) is 189 Å². The Hall–Kier alpha value is -16.2. The van der Waals surface area contributed by atoms with Crippen molar-refractivity contribution in [2.75, 3.05) is 32.1 Å². The molecule has 2 unspecified atom stereocenters. The second kappa shape index (κ2) is 52.2.